The number of likely N-dealkylation sites (N-methyl/N-ethyl adjacent to an activating group) is 2. The molecule has 1 fully saturated rings. The molecule has 4 aromatic rings. The summed E-state index contributed by atoms with van der Waals surface area (Å²) >= 11 is 0. The second-order valence-corrected chi connectivity index (χ2v) is 31.1. The normalized spacial score (nSPS) is 14.5. The van der Waals surface area contributed by atoms with Crippen LogP contribution in [0.1, 0.15) is 153 Å². The molecule has 2 aliphatic rings. The van der Waals surface area contributed by atoms with Gasteiger partial charge in [-0.3, -0.25) is 48.1 Å². The van der Waals surface area contributed by atoms with Crippen molar-refractivity contribution in [3.63, 3.8) is 0 Å². The number of aliphatic carboxylic acids is 1. The molecule has 0 bridgehead atoms. The number of pyridine rings is 1. The zero-order valence-electron chi connectivity index (χ0n) is 75.7. The van der Waals surface area contributed by atoms with E-state index in [9.17, 15) is 48.3 Å². The van der Waals surface area contributed by atoms with E-state index in [4.69, 9.17) is 64.4 Å². The second kappa shape index (κ2) is 67.0. The number of likely N-dealkylation sites (tertiary alicyclic amines) is 1. The molecule has 6 rings (SSSR count). The number of aromatic nitrogens is 1. The van der Waals surface area contributed by atoms with Gasteiger partial charge in [0.05, 0.1) is 160 Å². The molecule has 0 aliphatic carbocycles. The minimum absolute atomic E-state index is 0. The smallest absolute Gasteiger partial charge is 0.307 e. The number of carboxylic acids is 1. The van der Waals surface area contributed by atoms with Crippen LogP contribution in [0.3, 0.4) is 0 Å². The van der Waals surface area contributed by atoms with Crippen LogP contribution >= 0.6 is 0 Å². The Hall–Kier alpha value is -8.28. The Morgan fingerprint density at radius 3 is 1.75 bits per heavy atom. The number of fused-ring (bicyclic) bond motifs is 2. The molecule has 0 saturated carbocycles. The summed E-state index contributed by atoms with van der Waals surface area (Å²) in [7, 11) is 6.34. The number of para-hydroxylation sites is 1. The first-order valence-electron chi connectivity index (χ1n) is 43.2. The Morgan fingerprint density at radius 1 is 0.624 bits per heavy atom. The van der Waals surface area contributed by atoms with E-state index >= 15 is 0 Å². The van der Waals surface area contributed by atoms with Gasteiger partial charge in [0.2, 0.25) is 29.5 Å². The Labute approximate surface area is 756 Å². The summed E-state index contributed by atoms with van der Waals surface area (Å²) in [6, 6.07) is 26.6. The first kappa shape index (κ1) is 113. The number of Topliss-reactive ketones (excluding diaryl/α,β-unsaturated/α-hetero) is 3. The molecule has 1 saturated heterocycles. The molecular weight excluding hydrogens is 1790 g/mol. The standard InChI is InChI=1S/C71H101N5O15.C19H30N4O5.C2H6N2.CH3.Pt/c1-12-50(6)68(62(86-10)46-66(82)75-34-20-27-59(75)69(87-11)51(7)60(77)44-56(71(84)85)43-52-21-14-13-15-22-52)74(9)70(83)57(48(2)3)45-61(78)67(49(4)5)73(8)64(80)32-35-88-37-39-90-41-42-91-40-38-89-36-33-72-63(79)30-31-65(81)76-47-55-25-17-16-23-53(55)28-29-54-24-18-19-26-58(54)76;20-23-22-9-11-26-13-15-28-17-16-27-14-12-25-10-1-2-19(24)4-3-18-5-7-21-8-6-18;3-1-2-4;;/h13-19,21-26,48-51,56-57,59,62,67-69H,12,20,27,30-47H2,1-11H3,(H,72,79)(H,84,85);5-8H,1-4,9-17H2;3-4H,1-2H2;1H3;/q;;-2;-1;/t50-,51-,56?,57-,59-,62+,67-,68-,69+;;;;/m0..../s1. The Kier molecular flexibility index (Phi) is 60.5. The summed E-state index contributed by atoms with van der Waals surface area (Å²) in [4.78, 5) is 134. The van der Waals surface area contributed by atoms with Crippen molar-refractivity contribution < 1.29 is 117 Å². The van der Waals surface area contributed by atoms with Gasteiger partial charge in [0, 0.05) is 154 Å². The molecular formula is C93H140N11O20Pt-3. The first-order chi connectivity index (χ1) is 59.4. The van der Waals surface area contributed by atoms with Gasteiger partial charge in [0.25, 0.3) is 0 Å². The average Bonchev–Trinajstić information content (AvgIpc) is 1.79. The zero-order valence-corrected chi connectivity index (χ0v) is 78.0. The minimum Gasteiger partial charge on any atom is -0.679 e. The third-order valence-corrected chi connectivity index (χ3v) is 21.5. The van der Waals surface area contributed by atoms with Crippen molar-refractivity contribution in [2.45, 2.75) is 175 Å². The number of rotatable bonds is 61. The van der Waals surface area contributed by atoms with Crippen LogP contribution in [0.25, 0.3) is 21.9 Å². The van der Waals surface area contributed by atoms with Gasteiger partial charge >= 0.3 is 5.97 Å². The van der Waals surface area contributed by atoms with Crippen LogP contribution in [0.15, 0.2) is 109 Å². The number of anilines is 1. The van der Waals surface area contributed by atoms with E-state index in [1.165, 1.54) is 19.1 Å². The predicted molar refractivity (Wildman–Crippen MR) is 475 cm³/mol. The van der Waals surface area contributed by atoms with Crippen molar-refractivity contribution in [1.29, 1.82) is 0 Å². The number of hydrogen-bond donors (Lipinski definition) is 2. The van der Waals surface area contributed by atoms with E-state index < -0.39 is 54.1 Å². The molecule has 9 atom stereocenters. The van der Waals surface area contributed by atoms with Gasteiger partial charge in [-0.25, -0.2) is 0 Å². The molecule has 2 aliphatic heterocycles. The molecule has 5 amide bonds. The summed E-state index contributed by atoms with van der Waals surface area (Å²) in [5.74, 6) is 1.01. The van der Waals surface area contributed by atoms with Crippen molar-refractivity contribution in [1.82, 2.24) is 25.0 Å². The molecule has 3 heterocycles. The van der Waals surface area contributed by atoms with Gasteiger partial charge < -0.3 is 96.3 Å². The molecule has 125 heavy (non-hydrogen) atoms. The van der Waals surface area contributed by atoms with Crippen molar-refractivity contribution >= 4 is 58.5 Å². The van der Waals surface area contributed by atoms with E-state index in [1.807, 2.05) is 133 Å². The van der Waals surface area contributed by atoms with Gasteiger partial charge in [-0.1, -0.05) is 133 Å². The number of methoxy groups -OCH3 is 2. The number of carbonyl (C=O) groups is 9. The molecule has 4 N–H and O–H groups in total. The van der Waals surface area contributed by atoms with Crippen molar-refractivity contribution in [2.75, 3.05) is 172 Å². The van der Waals surface area contributed by atoms with Crippen molar-refractivity contribution in [3.8, 4) is 11.8 Å². The number of amides is 5. The van der Waals surface area contributed by atoms with Gasteiger partial charge in [-0.2, -0.15) is 13.1 Å². The van der Waals surface area contributed by atoms with E-state index in [2.05, 4.69) is 32.2 Å². The molecule has 700 valence electrons. The van der Waals surface area contributed by atoms with Gasteiger partial charge in [-0.15, -0.1) is 0 Å². The number of ether oxygens (including phenoxy) is 10. The van der Waals surface area contributed by atoms with Crippen LogP contribution in [0, 0.1) is 54.8 Å². The average molecular weight is 1930 g/mol. The second-order valence-electron chi connectivity index (χ2n) is 31.1. The Morgan fingerprint density at radius 2 is 1.18 bits per heavy atom. The largest absolute Gasteiger partial charge is 0.679 e. The summed E-state index contributed by atoms with van der Waals surface area (Å²) < 4.78 is 56.0. The number of nitrogens with zero attached hydrogens (tertiary/aromatic N) is 8. The summed E-state index contributed by atoms with van der Waals surface area (Å²) in [5, 5.41) is 16.2. The van der Waals surface area contributed by atoms with Crippen LogP contribution < -0.4 is 10.2 Å². The SMILES string of the molecule is CC[C@H](C)[C@@H]([C@@H](CC(=O)N1CCC[C@H]1[C@H](OC)[C@@H](C)C(=O)CC(Cc1ccccc1)C(=O)O)OC)N(C)C(=O)[C@@H](CC(=O)[C@H](C(C)C)N(C)C(=O)CCOCCOCCOCCOCCNC(=O)CCC(=O)N1Cc2ccccc2C#Cc2ccccc21)C(C)C.[CH3-].[N-]=[N+]=NCCOCCOCCOCCOCCCC(=O)CCc1ccncc1.[NH-]CC[NH-].[Pt]. The maximum Gasteiger partial charge on any atom is 0.307 e. The van der Waals surface area contributed by atoms with Crippen LogP contribution in [0.5, 0.6) is 0 Å². The Bertz CT molecular complexity index is 3850. The van der Waals surface area contributed by atoms with Crippen LogP contribution in [-0.2, 0) is 131 Å². The van der Waals surface area contributed by atoms with E-state index in [0.717, 1.165) is 46.3 Å². The Balaban J connectivity index is 0.00000131. The number of carbonyl (C=O) groups excluding carboxylic acids is 8. The monoisotopic (exact) mass is 1930 g/mol. The number of ketones is 3. The van der Waals surface area contributed by atoms with E-state index in [0.29, 0.717) is 138 Å². The van der Waals surface area contributed by atoms with E-state index in [1.54, 1.807) is 48.1 Å². The van der Waals surface area contributed by atoms with Gasteiger partial charge in [-0.05, 0) is 102 Å². The number of benzene rings is 3. The fourth-order valence-electron chi connectivity index (χ4n) is 14.6. The summed E-state index contributed by atoms with van der Waals surface area (Å²) in [6.07, 6.45) is 6.63. The van der Waals surface area contributed by atoms with Crippen LogP contribution in [0.2, 0.25) is 0 Å². The summed E-state index contributed by atoms with van der Waals surface area (Å²) in [5.41, 5.74) is 25.9. The van der Waals surface area contributed by atoms with E-state index in [-0.39, 0.29) is 178 Å². The van der Waals surface area contributed by atoms with Gasteiger partial charge in [0.1, 0.15) is 11.6 Å². The number of nitrogens with one attached hydrogen (secondary N) is 3. The third kappa shape index (κ3) is 43.4. The quantitative estimate of drug-likeness (QED) is 0.0103. The number of azide groups is 1. The van der Waals surface area contributed by atoms with Crippen molar-refractivity contribution in [3.05, 3.63) is 161 Å². The number of aryl methyl sites for hydroxylation is 1. The maximum absolute atomic E-state index is 14.8. The number of hydrogen-bond acceptors (Lipinski definition) is 21. The number of carboxylic acid groups (broad SMARTS) is 1. The van der Waals surface area contributed by atoms with Gasteiger partial charge in [0.15, 0.2) is 5.78 Å². The fourth-order valence-corrected chi connectivity index (χ4v) is 14.6. The minimum atomic E-state index is -1.05. The zero-order chi connectivity index (χ0) is 90.1. The molecule has 1 aromatic heterocycles. The molecule has 1 unspecified atom stereocenters. The predicted octanol–water partition coefficient (Wildman–Crippen LogP) is 12.1. The third-order valence-electron chi connectivity index (χ3n) is 21.5. The topological polar surface area (TPSA) is 400 Å². The molecule has 3 aromatic carbocycles. The maximum atomic E-state index is 14.8. The summed E-state index contributed by atoms with van der Waals surface area (Å²) in [6.45, 7) is 21.3. The van der Waals surface area contributed by atoms with Crippen LogP contribution in [-0.4, -0.2) is 275 Å². The first-order valence-corrected chi connectivity index (χ1v) is 43.2. The molecule has 32 heteroatoms. The fraction of sp³-hybridized carbons (Fsp3) is 0.624. The molecule has 0 spiro atoms. The molecule has 0 radical (unpaired) electrons. The van der Waals surface area contributed by atoms with Crippen molar-refractivity contribution in [2.24, 2.45) is 40.6 Å². The van der Waals surface area contributed by atoms with Crippen LogP contribution in [0.4, 0.5) is 5.69 Å². The molecule has 31 nitrogen and oxygen atoms in total.